The number of ether oxygens (including phenoxy) is 1. The Labute approximate surface area is 106 Å². The number of benzene rings is 1. The minimum atomic E-state index is -0.122. The van der Waals surface area contributed by atoms with Crippen molar-refractivity contribution in [2.75, 3.05) is 7.11 Å². The van der Waals surface area contributed by atoms with Gasteiger partial charge < -0.3 is 4.74 Å². The molecule has 0 saturated heterocycles. The number of hydrogen-bond donors (Lipinski definition) is 2. The first-order valence-electron chi connectivity index (χ1n) is 5.46. The summed E-state index contributed by atoms with van der Waals surface area (Å²) in [7, 11) is 1.65. The SMILES string of the molecule is COc1cccc(SC(C)CCC(=O)NN)c1. The molecule has 17 heavy (non-hydrogen) atoms. The van der Waals surface area contributed by atoms with Crippen molar-refractivity contribution < 1.29 is 9.53 Å². The zero-order chi connectivity index (χ0) is 12.7. The van der Waals surface area contributed by atoms with Gasteiger partial charge in [0.15, 0.2) is 0 Å². The van der Waals surface area contributed by atoms with E-state index in [4.69, 9.17) is 10.6 Å². The number of hydrogen-bond acceptors (Lipinski definition) is 4. The summed E-state index contributed by atoms with van der Waals surface area (Å²) in [4.78, 5) is 12.1. The van der Waals surface area contributed by atoms with Crippen LogP contribution in [0.25, 0.3) is 0 Å². The fourth-order valence-electron chi connectivity index (χ4n) is 1.37. The second-order valence-corrected chi connectivity index (χ2v) is 5.23. The molecule has 1 unspecified atom stereocenters. The smallest absolute Gasteiger partial charge is 0.233 e. The van der Waals surface area contributed by atoms with Crippen molar-refractivity contribution >= 4 is 17.7 Å². The lowest BCUT2D eigenvalue weighted by atomic mass is 10.2. The van der Waals surface area contributed by atoms with Crippen molar-refractivity contribution in [2.24, 2.45) is 5.84 Å². The molecule has 0 fully saturated rings. The topological polar surface area (TPSA) is 64.3 Å². The highest BCUT2D eigenvalue weighted by atomic mass is 32.2. The first-order valence-corrected chi connectivity index (χ1v) is 6.34. The van der Waals surface area contributed by atoms with Crippen LogP contribution in [0.15, 0.2) is 29.2 Å². The molecule has 0 aromatic heterocycles. The highest BCUT2D eigenvalue weighted by Gasteiger charge is 2.07. The van der Waals surface area contributed by atoms with Crippen LogP contribution in [0.5, 0.6) is 5.75 Å². The first-order chi connectivity index (χ1) is 8.15. The summed E-state index contributed by atoms with van der Waals surface area (Å²) in [5.41, 5.74) is 2.13. The molecule has 1 aromatic rings. The van der Waals surface area contributed by atoms with Gasteiger partial charge in [0, 0.05) is 16.6 Å². The second-order valence-electron chi connectivity index (χ2n) is 3.71. The standard InChI is InChI=1S/C12H18N2O2S/c1-9(6-7-12(15)14-13)17-11-5-3-4-10(8-11)16-2/h3-5,8-9H,6-7,13H2,1-2H3,(H,14,15). The molecule has 0 bridgehead atoms. The van der Waals surface area contributed by atoms with Crippen LogP contribution in [0.2, 0.25) is 0 Å². The van der Waals surface area contributed by atoms with Gasteiger partial charge in [-0.15, -0.1) is 11.8 Å². The molecule has 0 aliphatic carbocycles. The average molecular weight is 254 g/mol. The van der Waals surface area contributed by atoms with Crippen LogP contribution in [0.3, 0.4) is 0 Å². The third-order valence-corrected chi connectivity index (χ3v) is 3.48. The van der Waals surface area contributed by atoms with Gasteiger partial charge in [0.05, 0.1) is 7.11 Å². The number of rotatable bonds is 6. The van der Waals surface area contributed by atoms with Crippen molar-refractivity contribution in [3.63, 3.8) is 0 Å². The minimum absolute atomic E-state index is 0.122. The van der Waals surface area contributed by atoms with E-state index in [9.17, 15) is 4.79 Å². The van der Waals surface area contributed by atoms with Gasteiger partial charge in [-0.2, -0.15) is 0 Å². The van der Waals surface area contributed by atoms with Gasteiger partial charge in [0.2, 0.25) is 5.91 Å². The fraction of sp³-hybridized carbons (Fsp3) is 0.417. The zero-order valence-electron chi connectivity index (χ0n) is 10.1. The van der Waals surface area contributed by atoms with Gasteiger partial charge in [-0.05, 0) is 24.6 Å². The van der Waals surface area contributed by atoms with Crippen LogP contribution in [0.4, 0.5) is 0 Å². The molecular formula is C12H18N2O2S. The Kier molecular flexibility index (Phi) is 5.86. The molecule has 4 nitrogen and oxygen atoms in total. The molecule has 0 saturated carbocycles. The number of methoxy groups -OCH3 is 1. The minimum Gasteiger partial charge on any atom is -0.497 e. The molecule has 94 valence electrons. The molecule has 0 heterocycles. The largest absolute Gasteiger partial charge is 0.497 e. The Bertz CT molecular complexity index is 371. The molecule has 1 amide bonds. The summed E-state index contributed by atoms with van der Waals surface area (Å²) in [6.07, 6.45) is 1.25. The van der Waals surface area contributed by atoms with E-state index in [0.29, 0.717) is 11.7 Å². The third kappa shape index (κ3) is 5.10. The lowest BCUT2D eigenvalue weighted by Gasteiger charge is -2.11. The Morgan fingerprint density at radius 1 is 1.59 bits per heavy atom. The van der Waals surface area contributed by atoms with Crippen molar-refractivity contribution in [1.29, 1.82) is 0 Å². The maximum Gasteiger partial charge on any atom is 0.233 e. The van der Waals surface area contributed by atoms with E-state index in [1.807, 2.05) is 24.3 Å². The average Bonchev–Trinajstić information content (AvgIpc) is 2.36. The zero-order valence-corrected chi connectivity index (χ0v) is 10.9. The number of thioether (sulfide) groups is 1. The van der Waals surface area contributed by atoms with Gasteiger partial charge in [0.25, 0.3) is 0 Å². The summed E-state index contributed by atoms with van der Waals surface area (Å²) >= 11 is 1.72. The van der Waals surface area contributed by atoms with E-state index >= 15 is 0 Å². The molecule has 0 aliphatic rings. The van der Waals surface area contributed by atoms with Gasteiger partial charge in [-0.1, -0.05) is 13.0 Å². The van der Waals surface area contributed by atoms with Crippen LogP contribution in [-0.4, -0.2) is 18.3 Å². The molecule has 0 radical (unpaired) electrons. The number of carbonyl (C=O) groups is 1. The number of hydrazine groups is 1. The predicted molar refractivity (Wildman–Crippen MR) is 69.9 cm³/mol. The summed E-state index contributed by atoms with van der Waals surface area (Å²) in [5.74, 6) is 5.75. The van der Waals surface area contributed by atoms with Crippen LogP contribution >= 0.6 is 11.8 Å². The van der Waals surface area contributed by atoms with E-state index in [2.05, 4.69) is 12.3 Å². The highest BCUT2D eigenvalue weighted by molar-refractivity contribution is 7.99. The van der Waals surface area contributed by atoms with E-state index < -0.39 is 0 Å². The van der Waals surface area contributed by atoms with Crippen molar-refractivity contribution in [1.82, 2.24) is 5.43 Å². The normalized spacial score (nSPS) is 11.9. The van der Waals surface area contributed by atoms with Crippen LogP contribution in [0, 0.1) is 0 Å². The molecule has 0 aliphatic heterocycles. The van der Waals surface area contributed by atoms with Crippen LogP contribution in [0.1, 0.15) is 19.8 Å². The van der Waals surface area contributed by atoms with E-state index in [0.717, 1.165) is 17.1 Å². The number of carbonyl (C=O) groups excluding carboxylic acids is 1. The third-order valence-electron chi connectivity index (χ3n) is 2.32. The van der Waals surface area contributed by atoms with Gasteiger partial charge in [-0.25, -0.2) is 5.84 Å². The van der Waals surface area contributed by atoms with Crippen LogP contribution < -0.4 is 16.0 Å². The molecule has 1 atom stereocenters. The molecule has 3 N–H and O–H groups in total. The van der Waals surface area contributed by atoms with Gasteiger partial charge >= 0.3 is 0 Å². The molecule has 0 spiro atoms. The molecule has 1 aromatic carbocycles. The summed E-state index contributed by atoms with van der Waals surface area (Å²) < 4.78 is 5.16. The number of nitrogens with one attached hydrogen (secondary N) is 1. The Morgan fingerprint density at radius 3 is 3.00 bits per heavy atom. The number of nitrogens with two attached hydrogens (primary N) is 1. The summed E-state index contributed by atoms with van der Waals surface area (Å²) in [6.45, 7) is 2.09. The van der Waals surface area contributed by atoms with E-state index in [-0.39, 0.29) is 5.91 Å². The molecule has 5 heteroatoms. The second kappa shape index (κ2) is 7.19. The summed E-state index contributed by atoms with van der Waals surface area (Å²) in [5, 5.41) is 0.361. The quantitative estimate of drug-likeness (QED) is 0.352. The maximum atomic E-state index is 11.0. The van der Waals surface area contributed by atoms with E-state index in [1.165, 1.54) is 0 Å². The summed E-state index contributed by atoms with van der Waals surface area (Å²) in [6, 6.07) is 7.90. The highest BCUT2D eigenvalue weighted by Crippen LogP contribution is 2.28. The Morgan fingerprint density at radius 2 is 2.35 bits per heavy atom. The fourth-order valence-corrected chi connectivity index (χ4v) is 2.41. The van der Waals surface area contributed by atoms with Crippen molar-refractivity contribution in [3.05, 3.63) is 24.3 Å². The van der Waals surface area contributed by atoms with Gasteiger partial charge in [-0.3, -0.25) is 10.2 Å². The molecule has 1 rings (SSSR count). The lowest BCUT2D eigenvalue weighted by Crippen LogP contribution is -2.30. The Hall–Kier alpha value is -1.20. The van der Waals surface area contributed by atoms with E-state index in [1.54, 1.807) is 18.9 Å². The Balaban J connectivity index is 2.44. The maximum absolute atomic E-state index is 11.0. The predicted octanol–water partition coefficient (Wildman–Crippen LogP) is 1.95. The van der Waals surface area contributed by atoms with Gasteiger partial charge in [0.1, 0.15) is 5.75 Å². The van der Waals surface area contributed by atoms with Crippen molar-refractivity contribution in [2.45, 2.75) is 29.9 Å². The van der Waals surface area contributed by atoms with Crippen LogP contribution in [-0.2, 0) is 4.79 Å². The van der Waals surface area contributed by atoms with Crippen molar-refractivity contribution in [3.8, 4) is 5.75 Å². The molecular weight excluding hydrogens is 236 g/mol. The monoisotopic (exact) mass is 254 g/mol. The number of amides is 1. The lowest BCUT2D eigenvalue weighted by molar-refractivity contribution is -0.121. The first kappa shape index (κ1) is 13.9.